The van der Waals surface area contributed by atoms with Crippen molar-refractivity contribution < 1.29 is 0 Å². The first kappa shape index (κ1) is 64.8. The molecule has 20 aromatic carbocycles. The Morgan fingerprint density at radius 1 is 0.157 bits per heavy atom. The molecule has 0 fully saturated rings. The van der Waals surface area contributed by atoms with Gasteiger partial charge in [0, 0.05) is 81.4 Å². The summed E-state index contributed by atoms with van der Waals surface area (Å²) in [5.74, 6) is 0. The molecular weight excluding hydrogens is 1310 g/mol. The van der Waals surface area contributed by atoms with Crippen LogP contribution in [0.2, 0.25) is 0 Å². The number of nitrogens with zero attached hydrogens (tertiary/aromatic N) is 4. The van der Waals surface area contributed by atoms with E-state index >= 15 is 0 Å². The third-order valence-electron chi connectivity index (χ3n) is 21.8. The van der Waals surface area contributed by atoms with Crippen molar-refractivity contribution in [2.75, 3.05) is 33.7 Å². The molecule has 510 valence electrons. The third-order valence-corrected chi connectivity index (χ3v) is 21.8. The Morgan fingerprint density at radius 2 is 0.472 bits per heavy atom. The summed E-state index contributed by atoms with van der Waals surface area (Å²) < 4.78 is 0. The SMILES string of the molecule is CN(c1ccc(-c2ccc(N(c3cccc(-c4ccccc4)c3)c3ccc4ccccc4c3)cc2)cc1)c1c2ccccc2cc2ccccc12.CN(c1ccc(-c2ccc(N(c3cccc(-c4ccccc4)c3)c3ccc4ccccc4c3)cc2)cc1)c1ccc2c3cccc4cccc(c5cccc1c52)c43. The maximum atomic E-state index is 2.36. The molecular formula is C104H74N4. The Labute approximate surface area is 629 Å². The van der Waals surface area contributed by atoms with Crippen molar-refractivity contribution in [3.05, 3.63) is 413 Å². The summed E-state index contributed by atoms with van der Waals surface area (Å²) in [6.45, 7) is 0. The second-order valence-corrected chi connectivity index (χ2v) is 28.1. The molecule has 4 heteroatoms. The normalized spacial score (nSPS) is 11.4. The van der Waals surface area contributed by atoms with Crippen molar-refractivity contribution >= 4 is 143 Å². The molecule has 0 aliphatic heterocycles. The lowest BCUT2D eigenvalue weighted by molar-refractivity contribution is 1.22. The maximum absolute atomic E-state index is 2.36. The molecule has 0 saturated carbocycles. The zero-order valence-electron chi connectivity index (χ0n) is 60.0. The fourth-order valence-electron chi connectivity index (χ4n) is 16.3. The van der Waals surface area contributed by atoms with Crippen LogP contribution >= 0.6 is 0 Å². The summed E-state index contributed by atoms with van der Waals surface area (Å²) in [7, 11) is 4.35. The predicted octanol–water partition coefficient (Wildman–Crippen LogP) is 29.2. The van der Waals surface area contributed by atoms with Gasteiger partial charge in [-0.1, -0.05) is 303 Å². The van der Waals surface area contributed by atoms with E-state index in [4.69, 9.17) is 0 Å². The number of benzene rings is 20. The molecule has 0 aliphatic rings. The van der Waals surface area contributed by atoms with Gasteiger partial charge >= 0.3 is 0 Å². The van der Waals surface area contributed by atoms with E-state index in [-0.39, 0.29) is 0 Å². The first-order valence-corrected chi connectivity index (χ1v) is 37.1. The van der Waals surface area contributed by atoms with Gasteiger partial charge in [-0.15, -0.1) is 0 Å². The van der Waals surface area contributed by atoms with E-state index in [0.717, 1.165) is 45.5 Å². The average molecular weight is 1380 g/mol. The van der Waals surface area contributed by atoms with E-state index in [0.29, 0.717) is 0 Å². The van der Waals surface area contributed by atoms with Gasteiger partial charge in [-0.05, 0) is 224 Å². The second-order valence-electron chi connectivity index (χ2n) is 28.1. The van der Waals surface area contributed by atoms with Crippen LogP contribution in [0.15, 0.2) is 413 Å². The topological polar surface area (TPSA) is 13.0 Å². The van der Waals surface area contributed by atoms with E-state index in [9.17, 15) is 0 Å². The molecule has 0 saturated heterocycles. The summed E-state index contributed by atoms with van der Waals surface area (Å²) in [4.78, 5) is 9.36. The van der Waals surface area contributed by atoms with E-state index in [1.807, 2.05) is 0 Å². The molecule has 0 unspecified atom stereocenters. The van der Waals surface area contributed by atoms with Gasteiger partial charge in [-0.3, -0.25) is 0 Å². The highest BCUT2D eigenvalue weighted by atomic mass is 15.2. The van der Waals surface area contributed by atoms with Crippen LogP contribution in [0.3, 0.4) is 0 Å². The molecule has 0 radical (unpaired) electrons. The summed E-state index contributed by atoms with van der Waals surface area (Å²) in [5, 5.41) is 20.4. The summed E-state index contributed by atoms with van der Waals surface area (Å²) in [5.41, 5.74) is 20.9. The lowest BCUT2D eigenvalue weighted by Gasteiger charge is -2.26. The molecule has 0 aromatic heterocycles. The van der Waals surface area contributed by atoms with Crippen molar-refractivity contribution in [1.82, 2.24) is 0 Å². The fraction of sp³-hybridized carbons (Fsp3) is 0.0192. The van der Waals surface area contributed by atoms with Gasteiger partial charge in [-0.25, -0.2) is 0 Å². The quantitative estimate of drug-likeness (QED) is 0.0795. The zero-order valence-corrected chi connectivity index (χ0v) is 60.0. The van der Waals surface area contributed by atoms with Crippen molar-refractivity contribution in [2.45, 2.75) is 0 Å². The number of anilines is 10. The van der Waals surface area contributed by atoms with Gasteiger partial charge < -0.3 is 19.6 Å². The number of rotatable bonds is 14. The number of hydrogen-bond acceptors (Lipinski definition) is 4. The summed E-state index contributed by atoms with van der Waals surface area (Å²) >= 11 is 0. The van der Waals surface area contributed by atoms with Gasteiger partial charge in [0.25, 0.3) is 0 Å². The Bertz CT molecular complexity index is 6590. The molecule has 0 amide bonds. The van der Waals surface area contributed by atoms with E-state index < -0.39 is 0 Å². The monoisotopic (exact) mass is 1380 g/mol. The Hall–Kier alpha value is -14.1. The highest BCUT2D eigenvalue weighted by Crippen LogP contribution is 2.47. The second kappa shape index (κ2) is 27.9. The molecule has 0 spiro atoms. The third kappa shape index (κ3) is 12.1. The van der Waals surface area contributed by atoms with Gasteiger partial charge in [-0.2, -0.15) is 0 Å². The maximum Gasteiger partial charge on any atom is 0.0567 e. The van der Waals surface area contributed by atoms with Crippen molar-refractivity contribution in [3.63, 3.8) is 0 Å². The van der Waals surface area contributed by atoms with Crippen LogP contribution in [0.5, 0.6) is 0 Å². The zero-order chi connectivity index (χ0) is 72.0. The Kier molecular flexibility index (Phi) is 16.7. The highest BCUT2D eigenvalue weighted by Gasteiger charge is 2.21. The first-order chi connectivity index (χ1) is 53.4. The predicted molar refractivity (Wildman–Crippen MR) is 464 cm³/mol. The molecule has 0 bridgehead atoms. The molecule has 0 heterocycles. The van der Waals surface area contributed by atoms with Crippen LogP contribution in [0, 0.1) is 0 Å². The van der Waals surface area contributed by atoms with Crippen LogP contribution in [0.4, 0.5) is 56.9 Å². The van der Waals surface area contributed by atoms with Crippen LogP contribution in [0.25, 0.3) is 131 Å². The minimum absolute atomic E-state index is 1.11. The summed E-state index contributed by atoms with van der Waals surface area (Å²) in [6.07, 6.45) is 0. The minimum Gasteiger partial charge on any atom is -0.344 e. The van der Waals surface area contributed by atoms with Crippen LogP contribution < -0.4 is 19.6 Å². The largest absolute Gasteiger partial charge is 0.344 e. The lowest BCUT2D eigenvalue weighted by atomic mass is 9.89. The van der Waals surface area contributed by atoms with Gasteiger partial charge in [0.05, 0.1) is 5.69 Å². The molecule has 108 heavy (non-hydrogen) atoms. The first-order valence-electron chi connectivity index (χ1n) is 37.1. The molecule has 20 aromatic rings. The molecule has 0 atom stereocenters. The van der Waals surface area contributed by atoms with Crippen molar-refractivity contribution in [1.29, 1.82) is 0 Å². The average Bonchev–Trinajstić information content (AvgIpc) is 0.729. The molecule has 0 N–H and O–H groups in total. The smallest absolute Gasteiger partial charge is 0.0567 e. The standard InChI is InChI=1S/C55H38N2.C49H36N2/c1-56(53-34-33-51-49-20-9-16-41-15-8-19-48(54(41)49)50-21-10-22-52(53)55(50)51)44-28-23-39(24-29-44)40-25-30-45(31-26-40)57(47-32-27-38-13-5-6-14-42(38)36-47)46-18-7-17-43(35-46)37-11-3-2-4-12-37;1-50(49-47-20-9-7-16-41(47)32-42-17-8-10-21-48(42)49)43-27-22-37(23-28-43)38-24-29-44(30-25-38)51(46-31-26-36-14-5-6-15-39(36)34-46)45-19-11-18-40(33-45)35-12-3-2-4-13-35/h2-36H,1H3;2-34H,1H3. The number of fused-ring (bicyclic) bond motifs is 6. The fourth-order valence-corrected chi connectivity index (χ4v) is 16.3. The van der Waals surface area contributed by atoms with Gasteiger partial charge in [0.1, 0.15) is 0 Å². The van der Waals surface area contributed by atoms with E-state index in [2.05, 4.69) is 446 Å². The van der Waals surface area contributed by atoms with Crippen LogP contribution in [0.1, 0.15) is 0 Å². The highest BCUT2D eigenvalue weighted by molar-refractivity contribution is 6.34. The molecule has 4 nitrogen and oxygen atoms in total. The van der Waals surface area contributed by atoms with E-state index in [1.54, 1.807) is 0 Å². The molecule has 20 rings (SSSR count). The lowest BCUT2D eigenvalue weighted by Crippen LogP contribution is -2.10. The Morgan fingerprint density at radius 3 is 0.944 bits per heavy atom. The Balaban J connectivity index is 0.000000148. The number of hydrogen-bond donors (Lipinski definition) is 0. The van der Waals surface area contributed by atoms with E-state index in [1.165, 1.54) is 142 Å². The van der Waals surface area contributed by atoms with Gasteiger partial charge in [0.15, 0.2) is 0 Å². The van der Waals surface area contributed by atoms with Crippen molar-refractivity contribution in [3.8, 4) is 44.5 Å². The van der Waals surface area contributed by atoms with Crippen LogP contribution in [-0.4, -0.2) is 14.1 Å². The molecule has 0 aliphatic carbocycles. The van der Waals surface area contributed by atoms with Gasteiger partial charge in [0.2, 0.25) is 0 Å². The summed E-state index contributed by atoms with van der Waals surface area (Å²) in [6, 6.07) is 150. The minimum atomic E-state index is 1.11. The van der Waals surface area contributed by atoms with Crippen LogP contribution in [-0.2, 0) is 0 Å². The van der Waals surface area contributed by atoms with Crippen molar-refractivity contribution in [2.24, 2.45) is 0 Å².